The fourth-order valence-electron chi connectivity index (χ4n) is 1.22. The third-order valence-corrected chi connectivity index (χ3v) is 2.08. The molecule has 0 aromatic heterocycles. The van der Waals surface area contributed by atoms with Crippen LogP contribution in [0.3, 0.4) is 0 Å². The first-order chi connectivity index (χ1) is 7.35. The normalized spacial score (nSPS) is 8.93. The van der Waals surface area contributed by atoms with Crippen molar-refractivity contribution in [2.45, 2.75) is 46.0 Å². The van der Waals surface area contributed by atoms with Crippen LogP contribution in [-0.4, -0.2) is 6.29 Å². The Morgan fingerprint density at radius 3 is 2.13 bits per heavy atom. The third kappa shape index (κ3) is 9.20. The van der Waals surface area contributed by atoms with Crippen molar-refractivity contribution in [3.8, 4) is 0 Å². The highest BCUT2D eigenvalue weighted by atomic mass is 16.1. The summed E-state index contributed by atoms with van der Waals surface area (Å²) in [5, 5.41) is 0. The van der Waals surface area contributed by atoms with Gasteiger partial charge in [-0.1, -0.05) is 57.0 Å². The molecule has 0 unspecified atom stereocenters. The van der Waals surface area contributed by atoms with Crippen LogP contribution in [0.15, 0.2) is 30.3 Å². The number of hydrogen-bond acceptors (Lipinski definition) is 1. The van der Waals surface area contributed by atoms with Crippen LogP contribution in [-0.2, 0) is 11.2 Å². The van der Waals surface area contributed by atoms with Crippen LogP contribution in [0.5, 0.6) is 0 Å². The first-order valence-corrected chi connectivity index (χ1v) is 5.82. The van der Waals surface area contributed by atoms with E-state index >= 15 is 0 Å². The fourth-order valence-corrected chi connectivity index (χ4v) is 1.22. The summed E-state index contributed by atoms with van der Waals surface area (Å²) >= 11 is 0. The zero-order chi connectivity index (χ0) is 11.4. The van der Waals surface area contributed by atoms with E-state index in [4.69, 9.17) is 0 Å². The number of aldehydes is 1. The van der Waals surface area contributed by atoms with E-state index in [9.17, 15) is 4.79 Å². The maximum absolute atomic E-state index is 9.17. The first-order valence-electron chi connectivity index (χ1n) is 5.82. The number of carbonyl (C=O) groups excluding carboxylic acids is 1. The minimum Gasteiger partial charge on any atom is -0.303 e. The largest absolute Gasteiger partial charge is 0.303 e. The Morgan fingerprint density at radius 1 is 1.07 bits per heavy atom. The van der Waals surface area contributed by atoms with Crippen molar-refractivity contribution >= 4 is 6.29 Å². The summed E-state index contributed by atoms with van der Waals surface area (Å²) in [7, 11) is 0. The second kappa shape index (κ2) is 11.0. The molecule has 1 nitrogen and oxygen atoms in total. The summed E-state index contributed by atoms with van der Waals surface area (Å²) in [6, 6.07) is 10.7. The molecule has 1 rings (SSSR count). The van der Waals surface area contributed by atoms with E-state index < -0.39 is 0 Å². The van der Waals surface area contributed by atoms with Gasteiger partial charge in [-0.25, -0.2) is 0 Å². The Kier molecular flexibility index (Phi) is 10.2. The Hall–Kier alpha value is -1.11. The molecule has 0 fully saturated rings. The third-order valence-electron chi connectivity index (χ3n) is 2.08. The molecule has 1 heteroatoms. The average molecular weight is 206 g/mol. The summed E-state index contributed by atoms with van der Waals surface area (Å²) in [5.74, 6) is 0. The Bertz CT molecular complexity index is 228. The van der Waals surface area contributed by atoms with Crippen molar-refractivity contribution in [3.05, 3.63) is 35.9 Å². The van der Waals surface area contributed by atoms with Crippen LogP contribution in [0.2, 0.25) is 0 Å². The monoisotopic (exact) mass is 206 g/mol. The number of aryl methyl sites for hydroxylation is 1. The highest BCUT2D eigenvalue weighted by Gasteiger charge is 1.89. The second-order valence-corrected chi connectivity index (χ2v) is 3.52. The van der Waals surface area contributed by atoms with Gasteiger partial charge >= 0.3 is 0 Å². The van der Waals surface area contributed by atoms with E-state index in [1.807, 2.05) is 6.92 Å². The number of hydrogen-bond donors (Lipinski definition) is 0. The van der Waals surface area contributed by atoms with Gasteiger partial charge in [0.15, 0.2) is 0 Å². The molecule has 0 bridgehead atoms. The summed E-state index contributed by atoms with van der Waals surface area (Å²) in [6.45, 7) is 4.05. The molecule has 0 heterocycles. The molecule has 0 aliphatic rings. The lowest BCUT2D eigenvalue weighted by molar-refractivity contribution is -0.107. The van der Waals surface area contributed by atoms with Gasteiger partial charge in [0.2, 0.25) is 0 Å². The molecular formula is C14H22O. The van der Waals surface area contributed by atoms with Gasteiger partial charge in [0, 0.05) is 6.42 Å². The molecule has 0 atom stereocenters. The van der Waals surface area contributed by atoms with Crippen molar-refractivity contribution in [3.63, 3.8) is 0 Å². The zero-order valence-corrected chi connectivity index (χ0v) is 9.91. The van der Waals surface area contributed by atoms with E-state index in [2.05, 4.69) is 37.3 Å². The van der Waals surface area contributed by atoms with Gasteiger partial charge in [0.25, 0.3) is 0 Å². The Balaban J connectivity index is 0.000000423. The Morgan fingerprint density at radius 2 is 1.67 bits per heavy atom. The fraction of sp³-hybridized carbons (Fsp3) is 0.500. The lowest BCUT2D eigenvalue weighted by Crippen LogP contribution is -1.83. The quantitative estimate of drug-likeness (QED) is 0.525. The molecule has 0 radical (unpaired) electrons. The molecule has 0 aliphatic heterocycles. The van der Waals surface area contributed by atoms with Gasteiger partial charge in [0.05, 0.1) is 0 Å². The highest BCUT2D eigenvalue weighted by Crippen LogP contribution is 2.05. The molecule has 1 aromatic carbocycles. The van der Waals surface area contributed by atoms with Crippen LogP contribution in [0, 0.1) is 0 Å². The van der Waals surface area contributed by atoms with Gasteiger partial charge in [-0.3, -0.25) is 0 Å². The Labute approximate surface area is 93.5 Å². The topological polar surface area (TPSA) is 17.1 Å². The summed E-state index contributed by atoms with van der Waals surface area (Å²) < 4.78 is 0. The molecule has 0 aliphatic carbocycles. The van der Waals surface area contributed by atoms with Gasteiger partial charge in [0.1, 0.15) is 6.29 Å². The second-order valence-electron chi connectivity index (χ2n) is 3.52. The van der Waals surface area contributed by atoms with Crippen LogP contribution in [0.1, 0.15) is 45.1 Å². The van der Waals surface area contributed by atoms with E-state index in [1.165, 1.54) is 31.2 Å². The van der Waals surface area contributed by atoms with Crippen molar-refractivity contribution < 1.29 is 4.79 Å². The summed E-state index contributed by atoms with van der Waals surface area (Å²) in [6.07, 6.45) is 6.76. The van der Waals surface area contributed by atoms with Crippen LogP contribution >= 0.6 is 0 Å². The summed E-state index contributed by atoms with van der Waals surface area (Å²) in [4.78, 5) is 9.17. The maximum Gasteiger partial charge on any atom is 0.119 e. The number of rotatable bonds is 5. The zero-order valence-electron chi connectivity index (χ0n) is 9.91. The molecule has 0 saturated heterocycles. The maximum atomic E-state index is 9.17. The van der Waals surface area contributed by atoms with Crippen LogP contribution < -0.4 is 0 Å². The minimum atomic E-state index is 0.639. The van der Waals surface area contributed by atoms with E-state index in [1.54, 1.807) is 0 Å². The average Bonchev–Trinajstić information content (AvgIpc) is 2.31. The van der Waals surface area contributed by atoms with E-state index in [0.29, 0.717) is 6.42 Å². The molecular weight excluding hydrogens is 184 g/mol. The van der Waals surface area contributed by atoms with Crippen LogP contribution in [0.4, 0.5) is 0 Å². The highest BCUT2D eigenvalue weighted by molar-refractivity contribution is 5.48. The van der Waals surface area contributed by atoms with Crippen molar-refractivity contribution in [1.29, 1.82) is 0 Å². The number of carbonyl (C=O) groups is 1. The van der Waals surface area contributed by atoms with Crippen molar-refractivity contribution in [2.24, 2.45) is 0 Å². The SMILES string of the molecule is CCC=O.CCCCCc1ccccc1. The van der Waals surface area contributed by atoms with Crippen LogP contribution in [0.25, 0.3) is 0 Å². The molecule has 84 valence electrons. The van der Waals surface area contributed by atoms with Crippen molar-refractivity contribution in [1.82, 2.24) is 0 Å². The van der Waals surface area contributed by atoms with Gasteiger partial charge in [-0.05, 0) is 18.4 Å². The van der Waals surface area contributed by atoms with Crippen molar-refractivity contribution in [2.75, 3.05) is 0 Å². The summed E-state index contributed by atoms with van der Waals surface area (Å²) in [5.41, 5.74) is 1.47. The minimum absolute atomic E-state index is 0.639. The number of benzene rings is 1. The molecule has 0 N–H and O–H groups in total. The number of unbranched alkanes of at least 4 members (excludes halogenated alkanes) is 2. The van der Waals surface area contributed by atoms with Gasteiger partial charge in [-0.15, -0.1) is 0 Å². The van der Waals surface area contributed by atoms with E-state index in [-0.39, 0.29) is 0 Å². The molecule has 1 aromatic rings. The molecule has 0 amide bonds. The smallest absolute Gasteiger partial charge is 0.119 e. The van der Waals surface area contributed by atoms with Gasteiger partial charge in [-0.2, -0.15) is 0 Å². The first kappa shape index (κ1) is 13.9. The lowest BCUT2D eigenvalue weighted by Gasteiger charge is -1.98. The molecule has 15 heavy (non-hydrogen) atoms. The molecule has 0 saturated carbocycles. The van der Waals surface area contributed by atoms with E-state index in [0.717, 1.165) is 6.29 Å². The lowest BCUT2D eigenvalue weighted by atomic mass is 10.1. The predicted octanol–water partition coefficient (Wildman–Crippen LogP) is 4.01. The van der Waals surface area contributed by atoms with Gasteiger partial charge < -0.3 is 4.79 Å². The predicted molar refractivity (Wildman–Crippen MR) is 66.0 cm³/mol. The molecule has 0 spiro atoms. The standard InChI is InChI=1S/C11H16.C3H6O/c1-2-3-5-8-11-9-6-4-7-10-11;1-2-3-4/h4,6-7,9-10H,2-3,5,8H2,1H3;3H,2H2,1H3.